The third-order valence-corrected chi connectivity index (χ3v) is 5.06. The van der Waals surface area contributed by atoms with E-state index < -0.39 is 5.97 Å². The summed E-state index contributed by atoms with van der Waals surface area (Å²) in [4.78, 5) is 37.0. The zero-order valence-corrected chi connectivity index (χ0v) is 16.5. The van der Waals surface area contributed by atoms with Crippen molar-refractivity contribution in [2.24, 2.45) is 0 Å². The minimum atomic E-state index is -0.575. The summed E-state index contributed by atoms with van der Waals surface area (Å²) >= 11 is 1.04. The number of ether oxygens (including phenoxy) is 1. The Hall–Kier alpha value is -2.65. The molecule has 0 aliphatic heterocycles. The molecule has 2 aromatic heterocycles. The molecule has 1 atom stereocenters. The van der Waals surface area contributed by atoms with E-state index in [0.29, 0.717) is 21.2 Å². The average molecular weight is 393 g/mol. The summed E-state index contributed by atoms with van der Waals surface area (Å²) in [6.45, 7) is 5.42. The molecular formula is C18H23N3O5S. The van der Waals surface area contributed by atoms with Crippen LogP contribution in [0.5, 0.6) is 0 Å². The number of carbonyl (C=O) groups is 3. The second-order valence-corrected chi connectivity index (χ2v) is 6.75. The van der Waals surface area contributed by atoms with Crippen molar-refractivity contribution in [3.05, 3.63) is 40.2 Å². The van der Waals surface area contributed by atoms with Gasteiger partial charge in [-0.3, -0.25) is 14.9 Å². The van der Waals surface area contributed by atoms with E-state index in [9.17, 15) is 14.4 Å². The lowest BCUT2D eigenvalue weighted by Crippen LogP contribution is -2.30. The van der Waals surface area contributed by atoms with Crippen LogP contribution in [0.25, 0.3) is 0 Å². The third-order valence-electron chi connectivity index (χ3n) is 3.85. The predicted octanol–water partition coefficient (Wildman–Crippen LogP) is 2.48. The van der Waals surface area contributed by atoms with E-state index in [1.165, 1.54) is 7.05 Å². The second kappa shape index (κ2) is 9.33. The first-order chi connectivity index (χ1) is 12.9. The summed E-state index contributed by atoms with van der Waals surface area (Å²) < 4.78 is 10.3. The molecule has 2 aromatic rings. The Kier molecular flexibility index (Phi) is 7.14. The van der Waals surface area contributed by atoms with Gasteiger partial charge in [0, 0.05) is 7.05 Å². The molecule has 146 valence electrons. The van der Waals surface area contributed by atoms with Gasteiger partial charge in [-0.2, -0.15) is 0 Å². The van der Waals surface area contributed by atoms with Crippen LogP contribution in [0.3, 0.4) is 0 Å². The zero-order chi connectivity index (χ0) is 20.0. The molecule has 2 amide bonds. The lowest BCUT2D eigenvalue weighted by atomic mass is 10.1. The summed E-state index contributed by atoms with van der Waals surface area (Å²) in [6, 6.07) is 3.43. The number of furan rings is 1. The van der Waals surface area contributed by atoms with E-state index >= 15 is 0 Å². The molecule has 9 heteroatoms. The maximum Gasteiger partial charge on any atom is 0.341 e. The lowest BCUT2D eigenvalue weighted by molar-refractivity contribution is -0.115. The van der Waals surface area contributed by atoms with Gasteiger partial charge in [-0.05, 0) is 38.5 Å². The Morgan fingerprint density at radius 2 is 2.07 bits per heavy atom. The standard InChI is InChI=1S/C18H23N3O5S/c1-5-25-18(24)14-10(2)15(16(23)19-4)27-17(14)21-13(22)9-20-11(3)12-7-6-8-26-12/h6-8,11,20H,5,9H2,1-4H3,(H,19,23)(H,21,22)/t11-/m0/s1. The van der Waals surface area contributed by atoms with Crippen molar-refractivity contribution < 1.29 is 23.5 Å². The van der Waals surface area contributed by atoms with Crippen LogP contribution in [0.2, 0.25) is 0 Å². The van der Waals surface area contributed by atoms with Crippen LogP contribution in [0.1, 0.15) is 51.2 Å². The van der Waals surface area contributed by atoms with Crippen LogP contribution in [-0.2, 0) is 9.53 Å². The number of hydrogen-bond acceptors (Lipinski definition) is 7. The number of amides is 2. The molecule has 0 bridgehead atoms. The molecule has 0 aliphatic carbocycles. The van der Waals surface area contributed by atoms with Crippen LogP contribution in [0.15, 0.2) is 22.8 Å². The van der Waals surface area contributed by atoms with E-state index in [2.05, 4.69) is 16.0 Å². The van der Waals surface area contributed by atoms with Gasteiger partial charge in [0.2, 0.25) is 5.91 Å². The molecule has 0 fully saturated rings. The van der Waals surface area contributed by atoms with E-state index in [1.54, 1.807) is 26.2 Å². The average Bonchev–Trinajstić information content (AvgIpc) is 3.27. The minimum absolute atomic E-state index is 0.0103. The first-order valence-corrected chi connectivity index (χ1v) is 9.29. The zero-order valence-electron chi connectivity index (χ0n) is 15.7. The van der Waals surface area contributed by atoms with Crippen molar-refractivity contribution in [2.45, 2.75) is 26.8 Å². The number of thiophene rings is 1. The molecule has 2 heterocycles. The Labute approximate surface area is 161 Å². The SMILES string of the molecule is CCOC(=O)c1c(NC(=O)CN[C@@H](C)c2ccco2)sc(C(=O)NC)c1C. The van der Waals surface area contributed by atoms with E-state index in [0.717, 1.165) is 11.3 Å². The molecule has 3 N–H and O–H groups in total. The van der Waals surface area contributed by atoms with Gasteiger partial charge in [-0.1, -0.05) is 0 Å². The minimum Gasteiger partial charge on any atom is -0.468 e. The van der Waals surface area contributed by atoms with Gasteiger partial charge < -0.3 is 19.8 Å². The number of hydrogen-bond donors (Lipinski definition) is 3. The molecule has 0 aromatic carbocycles. The van der Waals surface area contributed by atoms with Gasteiger partial charge in [-0.25, -0.2) is 4.79 Å². The summed E-state index contributed by atoms with van der Waals surface area (Å²) in [7, 11) is 1.50. The molecule has 0 unspecified atom stereocenters. The van der Waals surface area contributed by atoms with Crippen molar-refractivity contribution in [1.82, 2.24) is 10.6 Å². The highest BCUT2D eigenvalue weighted by Gasteiger charge is 2.26. The number of carbonyl (C=O) groups excluding carboxylic acids is 3. The highest BCUT2D eigenvalue weighted by atomic mass is 32.1. The van der Waals surface area contributed by atoms with Crippen LogP contribution in [0, 0.1) is 6.92 Å². The Morgan fingerprint density at radius 1 is 1.33 bits per heavy atom. The van der Waals surface area contributed by atoms with Crippen LogP contribution in [-0.4, -0.2) is 38.0 Å². The van der Waals surface area contributed by atoms with Gasteiger partial charge in [0.15, 0.2) is 0 Å². The quantitative estimate of drug-likeness (QED) is 0.595. The van der Waals surface area contributed by atoms with Gasteiger partial charge in [0.25, 0.3) is 5.91 Å². The van der Waals surface area contributed by atoms with Crippen molar-refractivity contribution >= 4 is 34.1 Å². The number of rotatable bonds is 8. The van der Waals surface area contributed by atoms with Crippen LogP contribution in [0.4, 0.5) is 5.00 Å². The molecule has 0 aliphatic rings. The third kappa shape index (κ3) is 4.95. The van der Waals surface area contributed by atoms with Crippen LogP contribution < -0.4 is 16.0 Å². The molecular weight excluding hydrogens is 370 g/mol. The van der Waals surface area contributed by atoms with Crippen molar-refractivity contribution in [2.75, 3.05) is 25.5 Å². The highest BCUT2D eigenvalue weighted by molar-refractivity contribution is 7.18. The second-order valence-electron chi connectivity index (χ2n) is 5.73. The molecule has 8 nitrogen and oxygen atoms in total. The molecule has 2 rings (SSSR count). The van der Waals surface area contributed by atoms with Gasteiger partial charge >= 0.3 is 5.97 Å². The summed E-state index contributed by atoms with van der Waals surface area (Å²) in [5.74, 6) is -0.533. The summed E-state index contributed by atoms with van der Waals surface area (Å²) in [5, 5.41) is 8.55. The largest absolute Gasteiger partial charge is 0.468 e. The fourth-order valence-corrected chi connectivity index (χ4v) is 3.59. The van der Waals surface area contributed by atoms with E-state index in [4.69, 9.17) is 9.15 Å². The normalized spacial score (nSPS) is 11.7. The summed E-state index contributed by atoms with van der Waals surface area (Å²) in [6.07, 6.45) is 1.56. The fourth-order valence-electron chi connectivity index (χ4n) is 2.44. The van der Waals surface area contributed by atoms with Crippen molar-refractivity contribution in [3.8, 4) is 0 Å². The summed E-state index contributed by atoms with van der Waals surface area (Å²) in [5.41, 5.74) is 0.679. The first-order valence-electron chi connectivity index (χ1n) is 8.48. The predicted molar refractivity (Wildman–Crippen MR) is 102 cm³/mol. The Bertz CT molecular complexity index is 813. The molecule has 0 saturated heterocycles. The first kappa shape index (κ1) is 20.7. The van der Waals surface area contributed by atoms with E-state index in [1.807, 2.05) is 13.0 Å². The Balaban J connectivity index is 2.14. The van der Waals surface area contributed by atoms with Crippen molar-refractivity contribution in [3.63, 3.8) is 0 Å². The number of anilines is 1. The lowest BCUT2D eigenvalue weighted by Gasteiger charge is -2.11. The van der Waals surface area contributed by atoms with Gasteiger partial charge in [0.1, 0.15) is 10.8 Å². The molecule has 0 radical (unpaired) electrons. The molecule has 27 heavy (non-hydrogen) atoms. The number of nitrogens with one attached hydrogen (secondary N) is 3. The smallest absolute Gasteiger partial charge is 0.341 e. The van der Waals surface area contributed by atoms with Crippen molar-refractivity contribution in [1.29, 1.82) is 0 Å². The fraction of sp³-hybridized carbons (Fsp3) is 0.389. The maximum atomic E-state index is 12.3. The topological polar surface area (TPSA) is 110 Å². The number of esters is 1. The maximum absolute atomic E-state index is 12.3. The molecule has 0 spiro atoms. The van der Waals surface area contributed by atoms with Gasteiger partial charge in [-0.15, -0.1) is 11.3 Å². The van der Waals surface area contributed by atoms with Crippen LogP contribution >= 0.6 is 11.3 Å². The molecule has 0 saturated carbocycles. The van der Waals surface area contributed by atoms with Gasteiger partial charge in [0.05, 0.1) is 35.9 Å². The monoisotopic (exact) mass is 393 g/mol. The highest BCUT2D eigenvalue weighted by Crippen LogP contribution is 2.33. The Morgan fingerprint density at radius 3 is 2.67 bits per heavy atom. The van der Waals surface area contributed by atoms with E-state index in [-0.39, 0.29) is 36.6 Å².